The molecule has 9 aromatic carbocycles. The summed E-state index contributed by atoms with van der Waals surface area (Å²) in [5, 5.41) is 7.01. The average Bonchev–Trinajstić information content (AvgIpc) is 3.99. The van der Waals surface area contributed by atoms with Gasteiger partial charge >= 0.3 is 0 Å². The van der Waals surface area contributed by atoms with Crippen LogP contribution < -0.4 is 4.90 Å². The zero-order valence-electron chi connectivity index (χ0n) is 31.2. The van der Waals surface area contributed by atoms with Crippen LogP contribution in [0, 0.1) is 0 Å². The molecule has 3 heterocycles. The predicted molar refractivity (Wildman–Crippen MR) is 245 cm³/mol. The summed E-state index contributed by atoms with van der Waals surface area (Å²) in [6.45, 7) is 0. The SMILES string of the molecule is c1ccc(-c2cccc3c2oc2c(N(c4ccc(-c5ccc(-c6ccc7c(c6)oc6ccccc67)cc5)cc4)c4cccc5c4sc4ccccc45)cccc23)cc1. The molecule has 58 heavy (non-hydrogen) atoms. The van der Waals surface area contributed by atoms with Crippen molar-refractivity contribution in [3.05, 3.63) is 200 Å². The van der Waals surface area contributed by atoms with Crippen molar-refractivity contribution in [3.63, 3.8) is 0 Å². The minimum atomic E-state index is 0.861. The number of para-hydroxylation sites is 3. The van der Waals surface area contributed by atoms with Gasteiger partial charge in [0.25, 0.3) is 0 Å². The molecule has 0 bridgehead atoms. The Morgan fingerprint density at radius 3 is 1.74 bits per heavy atom. The highest BCUT2D eigenvalue weighted by Gasteiger charge is 2.23. The van der Waals surface area contributed by atoms with Crippen molar-refractivity contribution in [1.29, 1.82) is 0 Å². The Kier molecular flexibility index (Phi) is 7.40. The number of anilines is 3. The van der Waals surface area contributed by atoms with E-state index in [4.69, 9.17) is 8.83 Å². The minimum absolute atomic E-state index is 0.861. The molecule has 4 heteroatoms. The molecule has 0 aliphatic carbocycles. The van der Waals surface area contributed by atoms with Gasteiger partial charge in [-0.3, -0.25) is 0 Å². The first kappa shape index (κ1) is 32.8. The van der Waals surface area contributed by atoms with E-state index in [2.05, 4.69) is 193 Å². The lowest BCUT2D eigenvalue weighted by molar-refractivity contribution is 0.669. The van der Waals surface area contributed by atoms with Gasteiger partial charge in [0.15, 0.2) is 5.58 Å². The topological polar surface area (TPSA) is 29.5 Å². The van der Waals surface area contributed by atoms with E-state index in [1.54, 1.807) is 0 Å². The summed E-state index contributed by atoms with van der Waals surface area (Å²) in [4.78, 5) is 2.38. The second-order valence-corrected chi connectivity index (χ2v) is 15.9. The largest absolute Gasteiger partial charge is 0.456 e. The first-order chi connectivity index (χ1) is 28.7. The van der Waals surface area contributed by atoms with Crippen molar-refractivity contribution in [2.24, 2.45) is 0 Å². The van der Waals surface area contributed by atoms with Crippen LogP contribution in [0.3, 0.4) is 0 Å². The molecule has 12 rings (SSSR count). The van der Waals surface area contributed by atoms with Gasteiger partial charge in [-0.2, -0.15) is 0 Å². The first-order valence-electron chi connectivity index (χ1n) is 19.6. The van der Waals surface area contributed by atoms with Crippen LogP contribution in [0.5, 0.6) is 0 Å². The zero-order chi connectivity index (χ0) is 38.2. The summed E-state index contributed by atoms with van der Waals surface area (Å²) in [6.07, 6.45) is 0. The van der Waals surface area contributed by atoms with Gasteiger partial charge in [0, 0.05) is 48.3 Å². The maximum atomic E-state index is 7.00. The second-order valence-electron chi connectivity index (χ2n) is 14.8. The van der Waals surface area contributed by atoms with Gasteiger partial charge in [0.05, 0.1) is 16.1 Å². The lowest BCUT2D eigenvalue weighted by Crippen LogP contribution is -2.10. The van der Waals surface area contributed by atoms with E-state index in [0.717, 1.165) is 94.3 Å². The summed E-state index contributed by atoms with van der Waals surface area (Å²) in [7, 11) is 0. The standard InChI is InChI=1S/C54H33NO2S/c1-2-11-37(12-3-1)40-15-8-16-44-45-17-9-19-47(53(45)57-52(40)44)55(48-20-10-18-46-43-14-5-7-22-51(43)58-54(46)48)39-30-27-35(28-31-39)34-23-25-36(26-24-34)38-29-32-42-41-13-4-6-21-49(41)56-50(42)33-38/h1-33H. The highest BCUT2D eigenvalue weighted by Crippen LogP contribution is 2.48. The number of furan rings is 2. The molecule has 0 amide bonds. The van der Waals surface area contributed by atoms with Crippen molar-refractivity contribution in [2.75, 3.05) is 4.90 Å². The Hall–Kier alpha value is -7.40. The fraction of sp³-hybridized carbons (Fsp3) is 0. The fourth-order valence-corrected chi connectivity index (χ4v) is 9.91. The molecular formula is C54H33NO2S. The number of rotatable bonds is 6. The Balaban J connectivity index is 0.975. The van der Waals surface area contributed by atoms with E-state index in [-0.39, 0.29) is 0 Å². The molecule has 272 valence electrons. The Morgan fingerprint density at radius 1 is 0.345 bits per heavy atom. The van der Waals surface area contributed by atoms with Crippen LogP contribution in [0.4, 0.5) is 17.1 Å². The van der Waals surface area contributed by atoms with Gasteiger partial charge in [0.1, 0.15) is 16.7 Å². The van der Waals surface area contributed by atoms with E-state index in [1.165, 1.54) is 20.2 Å². The third-order valence-corrected chi connectivity index (χ3v) is 12.7. The summed E-state index contributed by atoms with van der Waals surface area (Å²) in [5.41, 5.74) is 13.6. The highest BCUT2D eigenvalue weighted by atomic mass is 32.1. The maximum absolute atomic E-state index is 7.00. The molecule has 3 aromatic heterocycles. The van der Waals surface area contributed by atoms with E-state index in [0.29, 0.717) is 0 Å². The average molecular weight is 760 g/mol. The molecule has 0 N–H and O–H groups in total. The normalized spacial score (nSPS) is 11.8. The number of benzene rings is 9. The quantitative estimate of drug-likeness (QED) is 0.169. The lowest BCUT2D eigenvalue weighted by Gasteiger charge is -2.26. The number of fused-ring (bicyclic) bond motifs is 9. The van der Waals surface area contributed by atoms with Gasteiger partial charge in [-0.1, -0.05) is 152 Å². The molecule has 0 atom stereocenters. The summed E-state index contributed by atoms with van der Waals surface area (Å²) >= 11 is 1.84. The predicted octanol–water partition coefficient (Wildman–Crippen LogP) is 16.3. The van der Waals surface area contributed by atoms with Crippen molar-refractivity contribution >= 4 is 92.4 Å². The van der Waals surface area contributed by atoms with E-state index < -0.39 is 0 Å². The zero-order valence-corrected chi connectivity index (χ0v) is 32.0. The molecule has 0 aliphatic rings. The molecule has 0 saturated carbocycles. The van der Waals surface area contributed by atoms with Gasteiger partial charge < -0.3 is 13.7 Å². The van der Waals surface area contributed by atoms with Crippen molar-refractivity contribution < 1.29 is 8.83 Å². The molecule has 0 radical (unpaired) electrons. The van der Waals surface area contributed by atoms with Crippen molar-refractivity contribution in [2.45, 2.75) is 0 Å². The van der Waals surface area contributed by atoms with Gasteiger partial charge in [-0.15, -0.1) is 11.3 Å². The molecule has 0 saturated heterocycles. The number of nitrogens with zero attached hydrogens (tertiary/aromatic N) is 1. The van der Waals surface area contributed by atoms with Gasteiger partial charge in [0.2, 0.25) is 0 Å². The van der Waals surface area contributed by atoms with Crippen LogP contribution in [0.1, 0.15) is 0 Å². The van der Waals surface area contributed by atoms with E-state index in [9.17, 15) is 0 Å². The second kappa shape index (κ2) is 13.1. The molecule has 0 unspecified atom stereocenters. The van der Waals surface area contributed by atoms with Crippen molar-refractivity contribution in [3.8, 4) is 33.4 Å². The molecule has 3 nitrogen and oxygen atoms in total. The fourth-order valence-electron chi connectivity index (χ4n) is 8.71. The molecule has 0 aliphatic heterocycles. The summed E-state index contributed by atoms with van der Waals surface area (Å²) in [6, 6.07) is 71.3. The van der Waals surface area contributed by atoms with Crippen LogP contribution in [0.2, 0.25) is 0 Å². The summed E-state index contributed by atoms with van der Waals surface area (Å²) < 4.78 is 15.7. The van der Waals surface area contributed by atoms with E-state index in [1.807, 2.05) is 23.5 Å². The molecule has 12 aromatic rings. The molecule has 0 spiro atoms. The molecular weight excluding hydrogens is 727 g/mol. The maximum Gasteiger partial charge on any atom is 0.159 e. The van der Waals surface area contributed by atoms with Crippen LogP contribution in [-0.2, 0) is 0 Å². The van der Waals surface area contributed by atoms with Crippen LogP contribution >= 0.6 is 11.3 Å². The van der Waals surface area contributed by atoms with Crippen molar-refractivity contribution in [1.82, 2.24) is 0 Å². The van der Waals surface area contributed by atoms with Gasteiger partial charge in [-0.05, 0) is 76.3 Å². The number of hydrogen-bond donors (Lipinski definition) is 0. The lowest BCUT2D eigenvalue weighted by atomic mass is 9.99. The Bertz CT molecular complexity index is 3500. The smallest absolute Gasteiger partial charge is 0.159 e. The van der Waals surface area contributed by atoms with Crippen LogP contribution in [-0.4, -0.2) is 0 Å². The third kappa shape index (κ3) is 5.19. The van der Waals surface area contributed by atoms with Crippen LogP contribution in [0.25, 0.3) is 97.4 Å². The first-order valence-corrected chi connectivity index (χ1v) is 20.4. The number of thiophene rings is 1. The third-order valence-electron chi connectivity index (χ3n) is 11.5. The monoisotopic (exact) mass is 759 g/mol. The van der Waals surface area contributed by atoms with Gasteiger partial charge in [-0.25, -0.2) is 0 Å². The van der Waals surface area contributed by atoms with Crippen LogP contribution in [0.15, 0.2) is 209 Å². The highest BCUT2D eigenvalue weighted by molar-refractivity contribution is 7.26. The van der Waals surface area contributed by atoms with E-state index >= 15 is 0 Å². The molecule has 0 fully saturated rings. The summed E-state index contributed by atoms with van der Waals surface area (Å²) in [5.74, 6) is 0. The Labute approximate surface area is 338 Å². The Morgan fingerprint density at radius 2 is 0.931 bits per heavy atom. The number of hydrogen-bond acceptors (Lipinski definition) is 4. The minimum Gasteiger partial charge on any atom is -0.456 e.